The average molecular weight is 457 g/mol. The maximum atomic E-state index is 14.6. The summed E-state index contributed by atoms with van der Waals surface area (Å²) >= 11 is 0. The number of benzene rings is 1. The van der Waals surface area contributed by atoms with Crippen molar-refractivity contribution in [3.8, 4) is 5.75 Å². The van der Waals surface area contributed by atoms with Crippen LogP contribution in [-0.4, -0.2) is 43.4 Å². The summed E-state index contributed by atoms with van der Waals surface area (Å²) in [4.78, 5) is 24.2. The largest absolute Gasteiger partial charge is 0.497 e. The van der Waals surface area contributed by atoms with Gasteiger partial charge in [-0.05, 0) is 44.1 Å². The second-order valence-corrected chi connectivity index (χ2v) is 10.1. The van der Waals surface area contributed by atoms with E-state index in [2.05, 4.69) is 0 Å². The highest BCUT2D eigenvalue weighted by molar-refractivity contribution is 7.92. The number of methoxy groups -OCH3 is 1. The van der Waals surface area contributed by atoms with Crippen molar-refractivity contribution in [3.05, 3.63) is 47.6 Å². The Balaban J connectivity index is 2.05. The zero-order valence-corrected chi connectivity index (χ0v) is 18.3. The van der Waals surface area contributed by atoms with Crippen LogP contribution in [0.5, 0.6) is 5.75 Å². The van der Waals surface area contributed by atoms with E-state index in [4.69, 9.17) is 9.94 Å². The van der Waals surface area contributed by atoms with Crippen LogP contribution in [0.25, 0.3) is 5.57 Å². The first-order valence-electron chi connectivity index (χ1n) is 9.56. The third kappa shape index (κ3) is 5.37. The van der Waals surface area contributed by atoms with Crippen molar-refractivity contribution in [2.75, 3.05) is 13.4 Å². The predicted octanol–water partition coefficient (Wildman–Crippen LogP) is 3.14. The Hall–Kier alpha value is -2.59. The number of hydrogen-bond donors (Lipinski definition) is 2. The number of amides is 1. The maximum absolute atomic E-state index is 14.6. The molecule has 0 fully saturated rings. The molecule has 0 aromatic heterocycles. The number of carbonyl (C=O) groups is 2. The van der Waals surface area contributed by atoms with Gasteiger partial charge >= 0.3 is 0 Å². The standard InChI is InChI=1S/C21H25F2NO6S/c1-21(20(26)24-27,31(3,28)29)9-5-4-6-13-10-17(22)16(12-19(13)25)15-8-7-14(30-2)11-18(15)23/h7-8,10-13,27H,4-6,9H2,1-3H3,(H,24,26)/t13-,21+/m0/s1. The Labute approximate surface area is 179 Å². The molecular formula is C21H25F2NO6S. The van der Waals surface area contributed by atoms with Crippen molar-refractivity contribution in [3.63, 3.8) is 0 Å². The van der Waals surface area contributed by atoms with Crippen molar-refractivity contribution >= 4 is 27.1 Å². The number of carbonyl (C=O) groups excluding carboxylic acids is 2. The lowest BCUT2D eigenvalue weighted by atomic mass is 9.87. The van der Waals surface area contributed by atoms with Gasteiger partial charge in [-0.2, -0.15) is 0 Å². The number of hydrogen-bond acceptors (Lipinski definition) is 6. The number of ether oxygens (including phenoxy) is 1. The first-order valence-corrected chi connectivity index (χ1v) is 11.4. The molecule has 0 bridgehead atoms. The highest BCUT2D eigenvalue weighted by atomic mass is 32.2. The predicted molar refractivity (Wildman–Crippen MR) is 110 cm³/mol. The number of hydroxylamine groups is 1. The molecule has 0 saturated carbocycles. The summed E-state index contributed by atoms with van der Waals surface area (Å²) < 4.78 is 55.8. The monoisotopic (exact) mass is 457 g/mol. The molecule has 0 aliphatic heterocycles. The van der Waals surface area contributed by atoms with E-state index in [0.717, 1.165) is 24.5 Å². The fraction of sp³-hybridized carbons (Fsp3) is 0.429. The van der Waals surface area contributed by atoms with E-state index < -0.39 is 43.8 Å². The fourth-order valence-electron chi connectivity index (χ4n) is 3.35. The summed E-state index contributed by atoms with van der Waals surface area (Å²) in [5.41, 5.74) is 1.17. The van der Waals surface area contributed by atoms with Crippen molar-refractivity contribution in [2.24, 2.45) is 5.92 Å². The van der Waals surface area contributed by atoms with E-state index >= 15 is 0 Å². The van der Waals surface area contributed by atoms with E-state index in [1.165, 1.54) is 31.6 Å². The molecule has 0 heterocycles. The highest BCUT2D eigenvalue weighted by Gasteiger charge is 2.42. The van der Waals surface area contributed by atoms with Crippen LogP contribution in [0, 0.1) is 11.7 Å². The van der Waals surface area contributed by atoms with E-state index in [0.29, 0.717) is 6.42 Å². The van der Waals surface area contributed by atoms with Gasteiger partial charge in [0.1, 0.15) is 22.1 Å². The third-order valence-corrected chi connectivity index (χ3v) is 7.57. The molecule has 1 aliphatic carbocycles. The Morgan fingerprint density at radius 2 is 1.97 bits per heavy atom. The smallest absolute Gasteiger partial charge is 0.264 e. The molecule has 2 rings (SSSR count). The van der Waals surface area contributed by atoms with Crippen LogP contribution in [0.2, 0.25) is 0 Å². The van der Waals surface area contributed by atoms with Crippen molar-refractivity contribution < 1.29 is 36.7 Å². The van der Waals surface area contributed by atoms with Gasteiger partial charge in [-0.1, -0.05) is 12.8 Å². The molecule has 1 aromatic carbocycles. The molecule has 0 saturated heterocycles. The summed E-state index contributed by atoms with van der Waals surface area (Å²) in [7, 11) is -2.44. The quantitative estimate of drug-likeness (QED) is 0.335. The fourth-order valence-corrected chi connectivity index (χ4v) is 4.25. The van der Waals surface area contributed by atoms with Crippen LogP contribution in [-0.2, 0) is 19.4 Å². The van der Waals surface area contributed by atoms with Gasteiger partial charge in [0.25, 0.3) is 5.91 Å². The molecule has 0 spiro atoms. The number of sulfone groups is 1. The molecule has 170 valence electrons. The summed E-state index contributed by atoms with van der Waals surface area (Å²) in [6.07, 6.45) is 3.81. The van der Waals surface area contributed by atoms with Crippen LogP contribution < -0.4 is 10.2 Å². The topological polar surface area (TPSA) is 110 Å². The van der Waals surface area contributed by atoms with Crippen LogP contribution in [0.15, 0.2) is 36.2 Å². The number of halogens is 2. The van der Waals surface area contributed by atoms with Crippen molar-refractivity contribution in [2.45, 2.75) is 37.4 Å². The van der Waals surface area contributed by atoms with Gasteiger partial charge in [-0.25, -0.2) is 22.7 Å². The lowest BCUT2D eigenvalue weighted by Crippen LogP contribution is -2.49. The molecular weight excluding hydrogens is 432 g/mol. The lowest BCUT2D eigenvalue weighted by molar-refractivity contribution is -0.131. The van der Waals surface area contributed by atoms with E-state index in [-0.39, 0.29) is 36.1 Å². The van der Waals surface area contributed by atoms with E-state index in [9.17, 15) is 26.8 Å². The summed E-state index contributed by atoms with van der Waals surface area (Å²) in [5.74, 6) is -3.39. The molecule has 0 radical (unpaired) electrons. The van der Waals surface area contributed by atoms with Gasteiger partial charge in [0.05, 0.1) is 7.11 Å². The molecule has 2 atom stereocenters. The normalized spacial score (nSPS) is 18.6. The molecule has 1 aliphatic rings. The van der Waals surface area contributed by atoms with Crippen LogP contribution in [0.4, 0.5) is 8.78 Å². The van der Waals surface area contributed by atoms with Gasteiger partial charge in [-0.3, -0.25) is 14.8 Å². The minimum absolute atomic E-state index is 0.0553. The second-order valence-electron chi connectivity index (χ2n) is 7.62. The number of nitrogens with one attached hydrogen (secondary N) is 1. The first-order chi connectivity index (χ1) is 14.4. The van der Waals surface area contributed by atoms with E-state index in [1.807, 2.05) is 0 Å². The minimum Gasteiger partial charge on any atom is -0.497 e. The molecule has 7 nitrogen and oxygen atoms in total. The lowest BCUT2D eigenvalue weighted by Gasteiger charge is -2.25. The molecule has 0 unspecified atom stereocenters. The van der Waals surface area contributed by atoms with Gasteiger partial charge in [0.2, 0.25) is 0 Å². The van der Waals surface area contributed by atoms with Gasteiger partial charge < -0.3 is 4.74 Å². The Morgan fingerprint density at radius 1 is 1.29 bits per heavy atom. The summed E-state index contributed by atoms with van der Waals surface area (Å²) in [6.45, 7) is 1.21. The molecule has 10 heteroatoms. The average Bonchev–Trinajstić information content (AvgIpc) is 2.71. The number of rotatable bonds is 9. The maximum Gasteiger partial charge on any atom is 0.264 e. The number of unbranched alkanes of at least 4 members (excludes halogenated alkanes) is 1. The van der Waals surface area contributed by atoms with E-state index in [1.54, 1.807) is 0 Å². The van der Waals surface area contributed by atoms with Crippen molar-refractivity contribution in [1.82, 2.24) is 5.48 Å². The van der Waals surface area contributed by atoms with Gasteiger partial charge in [0, 0.05) is 29.4 Å². The van der Waals surface area contributed by atoms with Gasteiger partial charge in [-0.15, -0.1) is 0 Å². The van der Waals surface area contributed by atoms with Crippen molar-refractivity contribution in [1.29, 1.82) is 0 Å². The Kier molecular flexibility index (Phi) is 7.72. The second kappa shape index (κ2) is 9.69. The zero-order valence-electron chi connectivity index (χ0n) is 17.4. The number of allylic oxidation sites excluding steroid dienone is 4. The zero-order chi connectivity index (χ0) is 23.4. The molecule has 1 aromatic rings. The third-order valence-electron chi connectivity index (χ3n) is 5.54. The van der Waals surface area contributed by atoms with Crippen LogP contribution in [0.1, 0.15) is 38.2 Å². The SMILES string of the molecule is COc1ccc(C2=CC(=O)[C@@H](CCCC[C@](C)(C(=O)NO)S(C)(=O)=O)C=C2F)c(F)c1. The van der Waals surface area contributed by atoms with Crippen LogP contribution >= 0.6 is 0 Å². The van der Waals surface area contributed by atoms with Crippen LogP contribution in [0.3, 0.4) is 0 Å². The summed E-state index contributed by atoms with van der Waals surface area (Å²) in [5, 5.41) is 8.83. The first kappa shape index (κ1) is 24.7. The highest BCUT2D eigenvalue weighted by Crippen LogP contribution is 2.34. The minimum atomic E-state index is -3.81. The molecule has 1 amide bonds. The number of ketones is 1. The molecule has 2 N–H and O–H groups in total. The Bertz CT molecular complexity index is 1030. The van der Waals surface area contributed by atoms with Gasteiger partial charge in [0.15, 0.2) is 15.6 Å². The molecule has 31 heavy (non-hydrogen) atoms. The summed E-state index contributed by atoms with van der Waals surface area (Å²) in [6, 6.07) is 3.89. The Morgan fingerprint density at radius 3 is 2.52 bits per heavy atom.